The van der Waals surface area contributed by atoms with Crippen LogP contribution in [0.4, 0.5) is 0 Å². The third-order valence-electron chi connectivity index (χ3n) is 1.44. The molecule has 1 fully saturated rings. The summed E-state index contributed by atoms with van der Waals surface area (Å²) in [7, 11) is 2.72. The van der Waals surface area contributed by atoms with Crippen LogP contribution in [0, 0.1) is 0 Å². The summed E-state index contributed by atoms with van der Waals surface area (Å²) >= 11 is 0. The van der Waals surface area contributed by atoms with Crippen LogP contribution in [0.2, 0.25) is 0 Å². The molecule has 1 rings (SSSR count). The zero-order valence-electron chi connectivity index (χ0n) is 6.95. The van der Waals surface area contributed by atoms with Crippen molar-refractivity contribution in [1.82, 2.24) is 16.0 Å². The van der Waals surface area contributed by atoms with E-state index in [4.69, 9.17) is 0 Å². The van der Waals surface area contributed by atoms with Crippen LogP contribution in [0.1, 0.15) is 0 Å². The minimum Gasteiger partial charge on any atom is -0.314 e. The van der Waals surface area contributed by atoms with Crippen LogP contribution >= 0.6 is 8.86 Å². The van der Waals surface area contributed by atoms with Gasteiger partial charge in [0, 0.05) is 39.3 Å². The van der Waals surface area contributed by atoms with Crippen LogP contribution in [-0.2, 0) is 0 Å². The van der Waals surface area contributed by atoms with Gasteiger partial charge in [-0.3, -0.25) is 0 Å². The second-order valence-corrected chi connectivity index (χ2v) is 2.25. The van der Waals surface area contributed by atoms with Crippen LogP contribution < -0.4 is 16.0 Å². The predicted octanol–water partition coefficient (Wildman–Crippen LogP) is -0.670. The average molecular weight is 175 g/mol. The van der Waals surface area contributed by atoms with Crippen LogP contribution in [-0.4, -0.2) is 45.6 Å². The van der Waals surface area contributed by atoms with E-state index in [0.717, 1.165) is 39.3 Å². The molecule has 3 nitrogen and oxygen atoms in total. The molecule has 1 saturated heterocycles. The summed E-state index contributed by atoms with van der Waals surface area (Å²) in [6.07, 6.45) is 3.06. The molecular formula is C7H18N3P. The molecular weight excluding hydrogens is 157 g/mol. The first kappa shape index (κ1) is 11.1. The van der Waals surface area contributed by atoms with Crippen LogP contribution in [0.3, 0.4) is 0 Å². The molecule has 0 aliphatic carbocycles. The van der Waals surface area contributed by atoms with Crippen LogP contribution in [0.15, 0.2) is 0 Å². The summed E-state index contributed by atoms with van der Waals surface area (Å²) in [5, 5.41) is 9.91. The first-order chi connectivity index (χ1) is 5.50. The fraction of sp³-hybridized carbons (Fsp3) is 0.857. The van der Waals surface area contributed by atoms with Gasteiger partial charge in [-0.15, -0.1) is 8.86 Å². The van der Waals surface area contributed by atoms with E-state index in [2.05, 4.69) is 31.1 Å². The fourth-order valence-electron chi connectivity index (χ4n) is 0.905. The lowest BCUT2D eigenvalue weighted by atomic mass is 10.6. The molecule has 66 valence electrons. The molecule has 0 saturated carbocycles. The van der Waals surface area contributed by atoms with Crippen molar-refractivity contribution in [2.75, 3.05) is 39.3 Å². The Morgan fingerprint density at radius 2 is 0.818 bits per heavy atom. The maximum atomic E-state index is 3.30. The molecule has 0 aromatic heterocycles. The van der Waals surface area contributed by atoms with Gasteiger partial charge in [-0.1, -0.05) is 6.30 Å². The Morgan fingerprint density at radius 3 is 1.00 bits per heavy atom. The smallest absolute Gasteiger partial charge is 0.00772 e. The Hall–Kier alpha value is 0.0500. The van der Waals surface area contributed by atoms with Crippen molar-refractivity contribution in [3.8, 4) is 0 Å². The standard InChI is InChI=1S/C6H15N3.CH3P/c1-2-8-5-6-9-4-3-7-1;1-2/h7-9H,1-6H2;2H,1H2. The maximum absolute atomic E-state index is 3.30. The van der Waals surface area contributed by atoms with E-state index in [9.17, 15) is 0 Å². The van der Waals surface area contributed by atoms with Gasteiger partial charge in [-0.2, -0.15) is 0 Å². The number of rotatable bonds is 0. The Balaban J connectivity index is 0.000000461. The van der Waals surface area contributed by atoms with Gasteiger partial charge >= 0.3 is 0 Å². The van der Waals surface area contributed by atoms with Gasteiger partial charge < -0.3 is 16.0 Å². The Labute approximate surface area is 71.2 Å². The molecule has 0 spiro atoms. The first-order valence-corrected chi connectivity index (χ1v) is 4.68. The second-order valence-electron chi connectivity index (χ2n) is 2.25. The van der Waals surface area contributed by atoms with E-state index in [-0.39, 0.29) is 0 Å². The SMILES string of the molecule is C1CNCCNCCN1.C=P. The van der Waals surface area contributed by atoms with E-state index in [0.29, 0.717) is 0 Å². The Morgan fingerprint density at radius 1 is 0.636 bits per heavy atom. The monoisotopic (exact) mass is 175 g/mol. The van der Waals surface area contributed by atoms with Crippen molar-refractivity contribution < 1.29 is 0 Å². The average Bonchev–Trinajstić information content (AvgIpc) is 2.22. The summed E-state index contributed by atoms with van der Waals surface area (Å²) in [4.78, 5) is 0. The molecule has 1 heterocycles. The van der Waals surface area contributed by atoms with Gasteiger partial charge in [0.1, 0.15) is 0 Å². The molecule has 0 aromatic carbocycles. The summed E-state index contributed by atoms with van der Waals surface area (Å²) in [5.74, 6) is 0. The van der Waals surface area contributed by atoms with E-state index in [1.807, 2.05) is 0 Å². The second kappa shape index (κ2) is 10.0. The third-order valence-corrected chi connectivity index (χ3v) is 1.44. The first-order valence-electron chi connectivity index (χ1n) is 3.97. The Bertz CT molecular complexity index is 51.6. The highest BCUT2D eigenvalue weighted by atomic mass is 31.0. The van der Waals surface area contributed by atoms with E-state index in [1.165, 1.54) is 0 Å². The maximum Gasteiger partial charge on any atom is 0.00772 e. The Kier molecular flexibility index (Phi) is 10.1. The largest absolute Gasteiger partial charge is 0.314 e. The summed E-state index contributed by atoms with van der Waals surface area (Å²) in [5.41, 5.74) is 0. The topological polar surface area (TPSA) is 36.1 Å². The van der Waals surface area contributed by atoms with Crippen LogP contribution in [0.25, 0.3) is 0 Å². The van der Waals surface area contributed by atoms with Crippen molar-refractivity contribution >= 4 is 15.2 Å². The summed E-state index contributed by atoms with van der Waals surface area (Å²) < 4.78 is 0. The molecule has 4 heteroatoms. The molecule has 11 heavy (non-hydrogen) atoms. The molecule has 0 amide bonds. The lowest BCUT2D eigenvalue weighted by Crippen LogP contribution is -2.27. The lowest BCUT2D eigenvalue weighted by Gasteiger charge is -1.99. The van der Waals surface area contributed by atoms with Crippen molar-refractivity contribution in [1.29, 1.82) is 0 Å². The molecule has 0 aromatic rings. The zero-order valence-corrected chi connectivity index (χ0v) is 7.95. The summed E-state index contributed by atoms with van der Waals surface area (Å²) in [6, 6.07) is 0. The van der Waals surface area contributed by atoms with Crippen molar-refractivity contribution in [2.24, 2.45) is 0 Å². The minimum atomic E-state index is 1.10. The van der Waals surface area contributed by atoms with Gasteiger partial charge in [0.05, 0.1) is 0 Å². The summed E-state index contributed by atoms with van der Waals surface area (Å²) in [6.45, 7) is 6.59. The van der Waals surface area contributed by atoms with E-state index < -0.39 is 0 Å². The molecule has 1 aliphatic heterocycles. The van der Waals surface area contributed by atoms with Crippen molar-refractivity contribution in [3.63, 3.8) is 0 Å². The quantitative estimate of drug-likeness (QED) is 0.427. The van der Waals surface area contributed by atoms with Crippen molar-refractivity contribution in [2.45, 2.75) is 0 Å². The zero-order chi connectivity index (χ0) is 8.36. The number of nitrogens with one attached hydrogen (secondary N) is 3. The normalized spacial score (nSPS) is 20.0. The molecule has 3 N–H and O–H groups in total. The molecule has 0 radical (unpaired) electrons. The molecule has 0 unspecified atom stereocenters. The van der Waals surface area contributed by atoms with Crippen molar-refractivity contribution in [3.05, 3.63) is 0 Å². The highest BCUT2D eigenvalue weighted by Crippen LogP contribution is 1.65. The van der Waals surface area contributed by atoms with E-state index in [1.54, 1.807) is 0 Å². The van der Waals surface area contributed by atoms with Gasteiger partial charge in [0.25, 0.3) is 0 Å². The molecule has 1 aliphatic rings. The number of hydrogen-bond acceptors (Lipinski definition) is 3. The minimum absolute atomic E-state index is 1.10. The molecule has 0 bridgehead atoms. The van der Waals surface area contributed by atoms with Crippen LogP contribution in [0.5, 0.6) is 0 Å². The van der Waals surface area contributed by atoms with Gasteiger partial charge in [-0.05, 0) is 0 Å². The lowest BCUT2D eigenvalue weighted by molar-refractivity contribution is 0.652. The van der Waals surface area contributed by atoms with Gasteiger partial charge in [0.15, 0.2) is 0 Å². The predicted molar refractivity (Wildman–Crippen MR) is 54.0 cm³/mol. The number of hydrogen-bond donors (Lipinski definition) is 3. The highest BCUT2D eigenvalue weighted by molar-refractivity contribution is 7.15. The molecule has 0 atom stereocenters. The highest BCUT2D eigenvalue weighted by Gasteiger charge is 1.91. The fourth-order valence-corrected chi connectivity index (χ4v) is 0.905. The van der Waals surface area contributed by atoms with Gasteiger partial charge in [-0.25, -0.2) is 0 Å². The van der Waals surface area contributed by atoms with E-state index >= 15 is 0 Å². The third kappa shape index (κ3) is 7.95. The van der Waals surface area contributed by atoms with Gasteiger partial charge in [0.2, 0.25) is 0 Å².